The maximum atomic E-state index is 5.89. The SMILES string of the molecule is CCCCCC(C)(C)CNCC(CN)CC(C)(C)C. The van der Waals surface area contributed by atoms with E-state index in [1.54, 1.807) is 0 Å². The Balaban J connectivity index is 3.91. The molecule has 1 atom stereocenters. The van der Waals surface area contributed by atoms with Crippen molar-refractivity contribution < 1.29 is 0 Å². The maximum Gasteiger partial charge on any atom is 0.000264 e. The van der Waals surface area contributed by atoms with Gasteiger partial charge >= 0.3 is 0 Å². The smallest absolute Gasteiger partial charge is 0.000264 e. The van der Waals surface area contributed by atoms with E-state index in [2.05, 4.69) is 46.9 Å². The van der Waals surface area contributed by atoms with Crippen molar-refractivity contribution in [1.29, 1.82) is 0 Å². The number of nitrogens with two attached hydrogens (primary N) is 1. The molecular weight excluding hydrogens is 232 g/mol. The van der Waals surface area contributed by atoms with Crippen LogP contribution in [0.2, 0.25) is 0 Å². The zero-order chi connectivity index (χ0) is 14.9. The summed E-state index contributed by atoms with van der Waals surface area (Å²) < 4.78 is 0. The number of rotatable bonds is 10. The normalized spacial score (nSPS) is 14.7. The fourth-order valence-electron chi connectivity index (χ4n) is 2.66. The number of hydrogen-bond acceptors (Lipinski definition) is 2. The molecule has 0 heterocycles. The van der Waals surface area contributed by atoms with Crippen molar-refractivity contribution in [3.05, 3.63) is 0 Å². The molecule has 0 spiro atoms. The van der Waals surface area contributed by atoms with Crippen LogP contribution in [0.4, 0.5) is 0 Å². The van der Waals surface area contributed by atoms with Crippen molar-refractivity contribution in [1.82, 2.24) is 5.32 Å². The lowest BCUT2D eigenvalue weighted by Crippen LogP contribution is -2.36. The third-order valence-corrected chi connectivity index (χ3v) is 3.73. The largest absolute Gasteiger partial charge is 0.330 e. The van der Waals surface area contributed by atoms with Crippen LogP contribution in [-0.4, -0.2) is 19.6 Å². The molecule has 0 aromatic rings. The van der Waals surface area contributed by atoms with E-state index < -0.39 is 0 Å². The van der Waals surface area contributed by atoms with Gasteiger partial charge in [-0.25, -0.2) is 0 Å². The highest BCUT2D eigenvalue weighted by atomic mass is 14.9. The lowest BCUT2D eigenvalue weighted by Gasteiger charge is -2.29. The van der Waals surface area contributed by atoms with Gasteiger partial charge in [0, 0.05) is 6.54 Å². The van der Waals surface area contributed by atoms with Crippen molar-refractivity contribution >= 4 is 0 Å². The molecule has 0 saturated heterocycles. The van der Waals surface area contributed by atoms with E-state index in [9.17, 15) is 0 Å². The molecule has 0 rings (SSSR count). The van der Waals surface area contributed by atoms with Gasteiger partial charge < -0.3 is 11.1 Å². The summed E-state index contributed by atoms with van der Waals surface area (Å²) in [6.45, 7) is 16.9. The Kier molecular flexibility index (Phi) is 8.93. The molecule has 2 heteroatoms. The predicted octanol–water partition coefficient (Wildman–Crippen LogP) is 4.19. The van der Waals surface area contributed by atoms with Gasteiger partial charge in [-0.3, -0.25) is 0 Å². The van der Waals surface area contributed by atoms with E-state index in [4.69, 9.17) is 5.73 Å². The minimum atomic E-state index is 0.377. The van der Waals surface area contributed by atoms with Gasteiger partial charge in [0.1, 0.15) is 0 Å². The molecule has 1 unspecified atom stereocenters. The van der Waals surface area contributed by atoms with Gasteiger partial charge in [-0.2, -0.15) is 0 Å². The first-order valence-corrected chi connectivity index (χ1v) is 8.11. The molecule has 3 N–H and O–H groups in total. The number of unbranched alkanes of at least 4 members (excludes halogenated alkanes) is 2. The highest BCUT2D eigenvalue weighted by Crippen LogP contribution is 2.25. The van der Waals surface area contributed by atoms with Crippen LogP contribution in [0.1, 0.15) is 73.6 Å². The Morgan fingerprint density at radius 2 is 1.68 bits per heavy atom. The summed E-state index contributed by atoms with van der Waals surface area (Å²) in [5.74, 6) is 0.603. The van der Waals surface area contributed by atoms with E-state index >= 15 is 0 Å². The first kappa shape index (κ1) is 18.9. The summed E-state index contributed by atoms with van der Waals surface area (Å²) >= 11 is 0. The second-order valence-electron chi connectivity index (χ2n) is 8.12. The van der Waals surface area contributed by atoms with E-state index in [1.165, 1.54) is 32.1 Å². The summed E-state index contributed by atoms with van der Waals surface area (Å²) in [4.78, 5) is 0. The van der Waals surface area contributed by atoms with Crippen LogP contribution in [0.15, 0.2) is 0 Å². The monoisotopic (exact) mass is 270 g/mol. The van der Waals surface area contributed by atoms with Gasteiger partial charge in [0.05, 0.1) is 0 Å². The van der Waals surface area contributed by atoms with E-state index in [0.717, 1.165) is 19.6 Å². The second-order valence-corrected chi connectivity index (χ2v) is 8.12. The molecule has 116 valence electrons. The van der Waals surface area contributed by atoms with Crippen LogP contribution >= 0.6 is 0 Å². The van der Waals surface area contributed by atoms with Crippen molar-refractivity contribution in [2.75, 3.05) is 19.6 Å². The van der Waals surface area contributed by atoms with Gasteiger partial charge in [0.2, 0.25) is 0 Å². The summed E-state index contributed by atoms with van der Waals surface area (Å²) in [5, 5.41) is 3.65. The van der Waals surface area contributed by atoms with Crippen molar-refractivity contribution in [2.24, 2.45) is 22.5 Å². The fraction of sp³-hybridized carbons (Fsp3) is 1.00. The maximum absolute atomic E-state index is 5.89. The van der Waals surface area contributed by atoms with Crippen LogP contribution < -0.4 is 11.1 Å². The second kappa shape index (κ2) is 8.97. The zero-order valence-electron chi connectivity index (χ0n) is 14.3. The summed E-state index contributed by atoms with van der Waals surface area (Å²) in [6.07, 6.45) is 6.55. The van der Waals surface area contributed by atoms with Crippen LogP contribution in [0.3, 0.4) is 0 Å². The summed E-state index contributed by atoms with van der Waals surface area (Å²) in [5.41, 5.74) is 6.68. The Labute approximate surface area is 121 Å². The average Bonchev–Trinajstić information content (AvgIpc) is 2.26. The Hall–Kier alpha value is -0.0800. The Bertz CT molecular complexity index is 216. The standard InChI is InChI=1S/C17H38N2/c1-7-8-9-10-17(5,6)14-19-13-15(12-18)11-16(2,3)4/h15,19H,7-14,18H2,1-6H3. The minimum Gasteiger partial charge on any atom is -0.330 e. The third kappa shape index (κ3) is 11.4. The van der Waals surface area contributed by atoms with Crippen LogP contribution in [0.25, 0.3) is 0 Å². The van der Waals surface area contributed by atoms with E-state index in [-0.39, 0.29) is 0 Å². The van der Waals surface area contributed by atoms with E-state index in [0.29, 0.717) is 16.7 Å². The van der Waals surface area contributed by atoms with Gasteiger partial charge in [0.25, 0.3) is 0 Å². The number of hydrogen-bond donors (Lipinski definition) is 2. The van der Waals surface area contributed by atoms with Gasteiger partial charge in [0.15, 0.2) is 0 Å². The van der Waals surface area contributed by atoms with Crippen molar-refractivity contribution in [3.8, 4) is 0 Å². The minimum absolute atomic E-state index is 0.377. The first-order chi connectivity index (χ1) is 8.70. The van der Waals surface area contributed by atoms with Gasteiger partial charge in [-0.15, -0.1) is 0 Å². The zero-order valence-corrected chi connectivity index (χ0v) is 14.3. The molecule has 0 bridgehead atoms. The van der Waals surface area contributed by atoms with Gasteiger partial charge in [-0.1, -0.05) is 60.8 Å². The lowest BCUT2D eigenvalue weighted by molar-refractivity contribution is 0.262. The molecule has 0 aromatic heterocycles. The molecule has 0 radical (unpaired) electrons. The van der Waals surface area contributed by atoms with E-state index in [1.807, 2.05) is 0 Å². The molecule has 0 saturated carbocycles. The first-order valence-electron chi connectivity index (χ1n) is 8.11. The molecule has 19 heavy (non-hydrogen) atoms. The highest BCUT2D eigenvalue weighted by molar-refractivity contribution is 4.75. The lowest BCUT2D eigenvalue weighted by atomic mass is 9.84. The molecule has 0 aromatic carbocycles. The van der Waals surface area contributed by atoms with Gasteiger partial charge in [-0.05, 0) is 42.7 Å². The van der Waals surface area contributed by atoms with Crippen LogP contribution in [0.5, 0.6) is 0 Å². The van der Waals surface area contributed by atoms with Crippen LogP contribution in [-0.2, 0) is 0 Å². The Morgan fingerprint density at radius 3 is 2.16 bits per heavy atom. The fourth-order valence-corrected chi connectivity index (χ4v) is 2.66. The molecule has 0 aliphatic rings. The third-order valence-electron chi connectivity index (χ3n) is 3.73. The molecular formula is C17H38N2. The molecule has 0 aliphatic carbocycles. The molecule has 0 fully saturated rings. The quantitative estimate of drug-likeness (QED) is 0.584. The topological polar surface area (TPSA) is 38.0 Å². The average molecular weight is 271 g/mol. The Morgan fingerprint density at radius 1 is 1.05 bits per heavy atom. The summed E-state index contributed by atoms with van der Waals surface area (Å²) in [7, 11) is 0. The number of nitrogens with one attached hydrogen (secondary N) is 1. The molecule has 0 amide bonds. The highest BCUT2D eigenvalue weighted by Gasteiger charge is 2.20. The molecule has 0 aliphatic heterocycles. The van der Waals surface area contributed by atoms with Crippen molar-refractivity contribution in [2.45, 2.75) is 73.6 Å². The molecule has 2 nitrogen and oxygen atoms in total. The van der Waals surface area contributed by atoms with Crippen LogP contribution in [0, 0.1) is 16.7 Å². The summed E-state index contributed by atoms with van der Waals surface area (Å²) in [6, 6.07) is 0. The predicted molar refractivity (Wildman–Crippen MR) is 87.4 cm³/mol. The van der Waals surface area contributed by atoms with Crippen molar-refractivity contribution in [3.63, 3.8) is 0 Å².